The van der Waals surface area contributed by atoms with Crippen molar-refractivity contribution in [1.82, 2.24) is 4.90 Å². The van der Waals surface area contributed by atoms with Crippen LogP contribution >= 0.6 is 0 Å². The van der Waals surface area contributed by atoms with Gasteiger partial charge >= 0.3 is 5.97 Å². The Morgan fingerprint density at radius 1 is 1.36 bits per heavy atom. The van der Waals surface area contributed by atoms with Gasteiger partial charge in [0.05, 0.1) is 7.11 Å². The van der Waals surface area contributed by atoms with Gasteiger partial charge in [0.15, 0.2) is 0 Å². The second kappa shape index (κ2) is 6.60. The lowest BCUT2D eigenvalue weighted by Gasteiger charge is -2.25. The molecule has 0 N–H and O–H groups in total. The van der Waals surface area contributed by atoms with Crippen LogP contribution < -0.4 is 0 Å². The number of hydrogen-bond acceptors (Lipinski definition) is 3. The summed E-state index contributed by atoms with van der Waals surface area (Å²) in [6.07, 6.45) is 8.34. The number of nitrogens with zero attached hydrogens (tertiary/aromatic N) is 1. The van der Waals surface area contributed by atoms with Crippen molar-refractivity contribution >= 4 is 5.97 Å². The molecule has 1 aliphatic heterocycles. The van der Waals surface area contributed by atoms with Crippen LogP contribution in [0.1, 0.15) is 25.7 Å². The molecule has 1 heterocycles. The van der Waals surface area contributed by atoms with E-state index < -0.39 is 0 Å². The van der Waals surface area contributed by atoms with Crippen LogP contribution in [0.5, 0.6) is 0 Å². The molecule has 0 aromatic heterocycles. The number of carbonyl (C=O) groups is 1. The van der Waals surface area contributed by atoms with Crippen LogP contribution in [0.15, 0.2) is 12.2 Å². The number of esters is 1. The molecule has 0 amide bonds. The fourth-order valence-corrected chi connectivity index (χ4v) is 1.69. The minimum absolute atomic E-state index is 0.261. The van der Waals surface area contributed by atoms with Crippen molar-refractivity contribution in [3.05, 3.63) is 12.2 Å². The van der Waals surface area contributed by atoms with Gasteiger partial charge in [-0.25, -0.2) is 4.79 Å². The second-order valence-electron chi connectivity index (χ2n) is 3.62. The molecule has 0 aliphatic carbocycles. The van der Waals surface area contributed by atoms with E-state index in [-0.39, 0.29) is 5.97 Å². The molecular formula is C11H19NO2. The normalized spacial score (nSPS) is 18.6. The van der Waals surface area contributed by atoms with Crippen LogP contribution in [0.25, 0.3) is 0 Å². The lowest BCUT2D eigenvalue weighted by atomic mass is 10.1. The second-order valence-corrected chi connectivity index (χ2v) is 3.62. The van der Waals surface area contributed by atoms with Crippen LogP contribution in [0, 0.1) is 0 Å². The summed E-state index contributed by atoms with van der Waals surface area (Å²) in [6.45, 7) is 3.49. The Kier molecular flexibility index (Phi) is 5.30. The van der Waals surface area contributed by atoms with Gasteiger partial charge in [0, 0.05) is 12.6 Å². The minimum Gasteiger partial charge on any atom is -0.466 e. The minimum atomic E-state index is -0.261. The van der Waals surface area contributed by atoms with Crippen molar-refractivity contribution in [2.24, 2.45) is 0 Å². The van der Waals surface area contributed by atoms with Crippen LogP contribution in [-0.4, -0.2) is 37.6 Å². The third kappa shape index (κ3) is 4.42. The molecule has 1 fully saturated rings. The van der Waals surface area contributed by atoms with E-state index in [1.165, 1.54) is 45.5 Å². The maximum Gasteiger partial charge on any atom is 0.330 e. The number of rotatable bonds is 4. The molecule has 3 heteroatoms. The molecule has 0 bridgehead atoms. The number of methoxy groups -OCH3 is 1. The first-order valence-electron chi connectivity index (χ1n) is 5.30. The van der Waals surface area contributed by atoms with Crippen LogP contribution in [0.2, 0.25) is 0 Å². The quantitative estimate of drug-likeness (QED) is 0.506. The fraction of sp³-hybridized carbons (Fsp3) is 0.727. The van der Waals surface area contributed by atoms with Crippen LogP contribution in [0.3, 0.4) is 0 Å². The third-order valence-electron chi connectivity index (χ3n) is 2.52. The molecule has 0 saturated carbocycles. The topological polar surface area (TPSA) is 29.5 Å². The van der Waals surface area contributed by atoms with Gasteiger partial charge in [-0.15, -0.1) is 0 Å². The summed E-state index contributed by atoms with van der Waals surface area (Å²) in [5.41, 5.74) is 0. The summed E-state index contributed by atoms with van der Waals surface area (Å²) < 4.78 is 4.50. The molecule has 14 heavy (non-hydrogen) atoms. The predicted octanol–water partition coefficient (Wildman–Crippen LogP) is 1.59. The van der Waals surface area contributed by atoms with Gasteiger partial charge in [0.1, 0.15) is 0 Å². The molecule has 80 valence electrons. The largest absolute Gasteiger partial charge is 0.466 e. The van der Waals surface area contributed by atoms with Crippen LogP contribution in [0.4, 0.5) is 0 Å². The van der Waals surface area contributed by atoms with E-state index in [4.69, 9.17) is 0 Å². The number of likely N-dealkylation sites (tertiary alicyclic amines) is 1. The Morgan fingerprint density at radius 2 is 2.07 bits per heavy atom. The van der Waals surface area contributed by atoms with Crippen LogP contribution in [-0.2, 0) is 9.53 Å². The van der Waals surface area contributed by atoms with Gasteiger partial charge in [-0.1, -0.05) is 12.5 Å². The highest BCUT2D eigenvalue weighted by Gasteiger charge is 2.07. The molecule has 1 aliphatic rings. The van der Waals surface area contributed by atoms with Crippen molar-refractivity contribution in [1.29, 1.82) is 0 Å². The zero-order valence-corrected chi connectivity index (χ0v) is 8.87. The van der Waals surface area contributed by atoms with E-state index in [0.29, 0.717) is 0 Å². The molecule has 0 spiro atoms. The van der Waals surface area contributed by atoms with E-state index in [2.05, 4.69) is 9.64 Å². The highest BCUT2D eigenvalue weighted by atomic mass is 16.5. The third-order valence-corrected chi connectivity index (χ3v) is 2.52. The maximum absolute atomic E-state index is 10.7. The monoisotopic (exact) mass is 197 g/mol. The highest BCUT2D eigenvalue weighted by Crippen LogP contribution is 2.08. The Bertz CT molecular complexity index is 195. The number of piperidine rings is 1. The van der Waals surface area contributed by atoms with Gasteiger partial charge in [-0.05, 0) is 32.4 Å². The van der Waals surface area contributed by atoms with Crippen molar-refractivity contribution in [3.8, 4) is 0 Å². The SMILES string of the molecule is COC(=O)/C=C\CCN1CCCCC1. The smallest absolute Gasteiger partial charge is 0.330 e. The molecule has 3 nitrogen and oxygen atoms in total. The van der Waals surface area contributed by atoms with Gasteiger partial charge in [-0.3, -0.25) is 0 Å². The molecule has 0 aromatic rings. The highest BCUT2D eigenvalue weighted by molar-refractivity contribution is 5.81. The van der Waals surface area contributed by atoms with Gasteiger partial charge < -0.3 is 9.64 Å². The van der Waals surface area contributed by atoms with Crippen molar-refractivity contribution < 1.29 is 9.53 Å². The van der Waals surface area contributed by atoms with E-state index in [1.807, 2.05) is 6.08 Å². The molecule has 0 radical (unpaired) electrons. The van der Waals surface area contributed by atoms with E-state index in [0.717, 1.165) is 13.0 Å². The van der Waals surface area contributed by atoms with Crippen molar-refractivity contribution in [2.45, 2.75) is 25.7 Å². The van der Waals surface area contributed by atoms with Gasteiger partial charge in [0.25, 0.3) is 0 Å². The van der Waals surface area contributed by atoms with Gasteiger partial charge in [0.2, 0.25) is 0 Å². The average Bonchev–Trinajstić information content (AvgIpc) is 2.25. The summed E-state index contributed by atoms with van der Waals surface area (Å²) in [5, 5.41) is 0. The Balaban J connectivity index is 2.07. The van der Waals surface area contributed by atoms with Crippen molar-refractivity contribution in [3.63, 3.8) is 0 Å². The molecular weight excluding hydrogens is 178 g/mol. The zero-order valence-electron chi connectivity index (χ0n) is 8.87. The number of ether oxygens (including phenoxy) is 1. The van der Waals surface area contributed by atoms with E-state index >= 15 is 0 Å². The standard InChI is InChI=1S/C11H19NO2/c1-14-11(13)7-3-6-10-12-8-4-2-5-9-12/h3,7H,2,4-6,8-10H2,1H3/b7-3-. The first-order valence-corrected chi connectivity index (χ1v) is 5.30. The zero-order chi connectivity index (χ0) is 10.2. The molecule has 0 atom stereocenters. The lowest BCUT2D eigenvalue weighted by molar-refractivity contribution is -0.134. The molecule has 1 rings (SSSR count). The molecule has 0 aromatic carbocycles. The summed E-state index contributed by atoms with van der Waals surface area (Å²) in [4.78, 5) is 13.2. The maximum atomic E-state index is 10.7. The Labute approximate surface area is 85.7 Å². The lowest BCUT2D eigenvalue weighted by Crippen LogP contribution is -2.30. The molecule has 1 saturated heterocycles. The van der Waals surface area contributed by atoms with E-state index in [9.17, 15) is 4.79 Å². The summed E-state index contributed by atoms with van der Waals surface area (Å²) in [6, 6.07) is 0. The molecule has 0 unspecified atom stereocenters. The van der Waals surface area contributed by atoms with E-state index in [1.54, 1.807) is 0 Å². The summed E-state index contributed by atoms with van der Waals surface area (Å²) >= 11 is 0. The predicted molar refractivity (Wildman–Crippen MR) is 56.1 cm³/mol. The fourth-order valence-electron chi connectivity index (χ4n) is 1.69. The Morgan fingerprint density at radius 3 is 2.71 bits per heavy atom. The first kappa shape index (κ1) is 11.2. The van der Waals surface area contributed by atoms with Gasteiger partial charge in [-0.2, -0.15) is 0 Å². The van der Waals surface area contributed by atoms with Crippen molar-refractivity contribution in [2.75, 3.05) is 26.7 Å². The Hall–Kier alpha value is -0.830. The first-order chi connectivity index (χ1) is 6.83. The number of carbonyl (C=O) groups excluding carboxylic acids is 1. The number of hydrogen-bond donors (Lipinski definition) is 0. The summed E-state index contributed by atoms with van der Waals surface area (Å²) in [7, 11) is 1.40. The average molecular weight is 197 g/mol. The summed E-state index contributed by atoms with van der Waals surface area (Å²) in [5.74, 6) is -0.261.